The van der Waals surface area contributed by atoms with E-state index in [0.717, 1.165) is 5.56 Å². The molecule has 0 aliphatic carbocycles. The van der Waals surface area contributed by atoms with Gasteiger partial charge in [-0.25, -0.2) is 0 Å². The Morgan fingerprint density at radius 2 is 1.83 bits per heavy atom. The molecule has 0 amide bonds. The van der Waals surface area contributed by atoms with Crippen molar-refractivity contribution in [1.82, 2.24) is 0 Å². The van der Waals surface area contributed by atoms with Crippen LogP contribution in [-0.4, -0.2) is 69.0 Å². The van der Waals surface area contributed by atoms with E-state index in [1.807, 2.05) is 44.2 Å². The van der Waals surface area contributed by atoms with E-state index in [0.29, 0.717) is 13.2 Å². The molecule has 8 atom stereocenters. The Balaban J connectivity index is 1.79. The summed E-state index contributed by atoms with van der Waals surface area (Å²) >= 11 is 0. The molecule has 1 N–H and O–H groups in total. The smallest absolute Gasteiger partial charge is 0.163 e. The minimum Gasteiger partial charge on any atom is -0.390 e. The highest BCUT2D eigenvalue weighted by molar-refractivity contribution is 5.13. The minimum atomic E-state index is -0.767. The van der Waals surface area contributed by atoms with Crippen LogP contribution in [0.2, 0.25) is 0 Å². The molecule has 2 heterocycles. The van der Waals surface area contributed by atoms with Crippen molar-refractivity contribution >= 4 is 0 Å². The van der Waals surface area contributed by atoms with Gasteiger partial charge in [-0.2, -0.15) is 0 Å². The van der Waals surface area contributed by atoms with Crippen LogP contribution in [0.25, 0.3) is 0 Å². The maximum absolute atomic E-state index is 11.0. The molecule has 1 unspecified atom stereocenters. The topological polar surface area (TPSA) is 75.6 Å². The first-order valence-electron chi connectivity index (χ1n) is 10.5. The lowest BCUT2D eigenvalue weighted by molar-refractivity contribution is -0.179. The van der Waals surface area contributed by atoms with Gasteiger partial charge < -0.3 is 33.5 Å². The number of benzene rings is 1. The first-order valence-corrected chi connectivity index (χ1v) is 10.5. The molecular formula is C23H34O7. The van der Waals surface area contributed by atoms with Crippen molar-refractivity contribution in [3.05, 3.63) is 48.6 Å². The van der Waals surface area contributed by atoms with E-state index in [4.69, 9.17) is 28.4 Å². The quantitative estimate of drug-likeness (QED) is 0.353. The van der Waals surface area contributed by atoms with Crippen LogP contribution in [0.15, 0.2) is 43.0 Å². The summed E-state index contributed by atoms with van der Waals surface area (Å²) < 4.78 is 35.2. The molecule has 1 aromatic rings. The van der Waals surface area contributed by atoms with Gasteiger partial charge in [-0.05, 0) is 5.56 Å². The molecule has 0 radical (unpaired) electrons. The van der Waals surface area contributed by atoms with Crippen molar-refractivity contribution < 1.29 is 33.5 Å². The Morgan fingerprint density at radius 1 is 1.07 bits per heavy atom. The van der Waals surface area contributed by atoms with Crippen molar-refractivity contribution in [3.8, 4) is 0 Å². The van der Waals surface area contributed by atoms with Crippen molar-refractivity contribution in [2.45, 2.75) is 57.3 Å². The fourth-order valence-corrected chi connectivity index (χ4v) is 4.14. The van der Waals surface area contributed by atoms with Gasteiger partial charge in [0.15, 0.2) is 6.29 Å². The Hall–Kier alpha value is -1.32. The average molecular weight is 423 g/mol. The van der Waals surface area contributed by atoms with Crippen LogP contribution < -0.4 is 0 Å². The zero-order chi connectivity index (χ0) is 21.5. The van der Waals surface area contributed by atoms with Crippen LogP contribution in [0, 0.1) is 11.8 Å². The van der Waals surface area contributed by atoms with Crippen LogP contribution in [0.1, 0.15) is 19.4 Å². The number of fused-ring (bicyclic) bond motifs is 1. The summed E-state index contributed by atoms with van der Waals surface area (Å²) in [5.41, 5.74) is 1.06. The number of ether oxygens (including phenoxy) is 6. The molecule has 2 fully saturated rings. The lowest BCUT2D eigenvalue weighted by Crippen LogP contribution is -2.43. The highest BCUT2D eigenvalue weighted by Gasteiger charge is 2.54. The minimum absolute atomic E-state index is 0.0415. The second-order valence-electron chi connectivity index (χ2n) is 7.98. The molecule has 30 heavy (non-hydrogen) atoms. The Morgan fingerprint density at radius 3 is 2.53 bits per heavy atom. The molecule has 168 valence electrons. The number of aliphatic hydroxyl groups is 1. The number of methoxy groups -OCH3 is 1. The van der Waals surface area contributed by atoms with Gasteiger partial charge in [0.1, 0.15) is 19.0 Å². The zero-order valence-corrected chi connectivity index (χ0v) is 18.0. The van der Waals surface area contributed by atoms with Crippen LogP contribution in [-0.2, 0) is 35.0 Å². The third-order valence-corrected chi connectivity index (χ3v) is 5.80. The average Bonchev–Trinajstić information content (AvgIpc) is 3.02. The first kappa shape index (κ1) is 23.3. The van der Waals surface area contributed by atoms with Gasteiger partial charge in [0, 0.05) is 18.9 Å². The number of hydrogen-bond donors (Lipinski definition) is 1. The predicted molar refractivity (Wildman–Crippen MR) is 111 cm³/mol. The van der Waals surface area contributed by atoms with Gasteiger partial charge in [0.05, 0.1) is 38.1 Å². The maximum atomic E-state index is 11.0. The first-order chi connectivity index (χ1) is 14.6. The highest BCUT2D eigenvalue weighted by atomic mass is 16.7. The van der Waals surface area contributed by atoms with Crippen LogP contribution in [0.5, 0.6) is 0 Å². The Labute approximate surface area is 178 Å². The fraction of sp³-hybridized carbons (Fsp3) is 0.652. The third-order valence-electron chi connectivity index (χ3n) is 5.80. The van der Waals surface area contributed by atoms with E-state index in [1.165, 1.54) is 0 Å². The van der Waals surface area contributed by atoms with Gasteiger partial charge in [0.2, 0.25) is 0 Å². The second kappa shape index (κ2) is 11.3. The van der Waals surface area contributed by atoms with Crippen molar-refractivity contribution in [2.24, 2.45) is 11.8 Å². The van der Waals surface area contributed by atoms with E-state index in [-0.39, 0.29) is 43.5 Å². The molecule has 7 nitrogen and oxygen atoms in total. The Kier molecular flexibility index (Phi) is 8.83. The van der Waals surface area contributed by atoms with Gasteiger partial charge in [-0.1, -0.05) is 50.3 Å². The number of hydrogen-bond acceptors (Lipinski definition) is 7. The summed E-state index contributed by atoms with van der Waals surface area (Å²) in [5, 5.41) is 11.0. The van der Waals surface area contributed by atoms with E-state index in [2.05, 4.69) is 6.58 Å². The van der Waals surface area contributed by atoms with Gasteiger partial charge in [0.25, 0.3) is 0 Å². The van der Waals surface area contributed by atoms with Gasteiger partial charge in [-0.3, -0.25) is 0 Å². The fourth-order valence-electron chi connectivity index (χ4n) is 4.14. The monoisotopic (exact) mass is 422 g/mol. The van der Waals surface area contributed by atoms with Gasteiger partial charge in [-0.15, -0.1) is 6.58 Å². The van der Waals surface area contributed by atoms with E-state index in [1.54, 1.807) is 13.2 Å². The molecule has 0 saturated carbocycles. The summed E-state index contributed by atoms with van der Waals surface area (Å²) in [6, 6.07) is 9.96. The van der Waals surface area contributed by atoms with Crippen molar-refractivity contribution in [1.29, 1.82) is 0 Å². The van der Waals surface area contributed by atoms with Crippen LogP contribution in [0.3, 0.4) is 0 Å². The molecule has 0 bridgehead atoms. The van der Waals surface area contributed by atoms with Gasteiger partial charge >= 0.3 is 0 Å². The summed E-state index contributed by atoms with van der Waals surface area (Å²) in [6.07, 6.45) is -1.04. The molecule has 1 aromatic carbocycles. The number of rotatable bonds is 10. The van der Waals surface area contributed by atoms with Crippen molar-refractivity contribution in [2.75, 3.05) is 27.1 Å². The van der Waals surface area contributed by atoms with E-state index < -0.39 is 18.5 Å². The summed E-state index contributed by atoms with van der Waals surface area (Å²) in [6.45, 7) is 8.87. The summed E-state index contributed by atoms with van der Waals surface area (Å²) in [4.78, 5) is 0. The number of aliphatic hydroxyl groups excluding tert-OH is 1. The molecule has 3 rings (SSSR count). The second-order valence-corrected chi connectivity index (χ2v) is 7.98. The summed E-state index contributed by atoms with van der Waals surface area (Å²) in [5.74, 6) is -0.273. The Bertz CT molecular complexity index is 640. The predicted octanol–water partition coefficient (Wildman–Crippen LogP) is 2.52. The van der Waals surface area contributed by atoms with Crippen molar-refractivity contribution in [3.63, 3.8) is 0 Å². The molecule has 2 aliphatic heterocycles. The molecule has 0 spiro atoms. The zero-order valence-electron chi connectivity index (χ0n) is 18.0. The molecule has 2 aliphatic rings. The highest BCUT2D eigenvalue weighted by Crippen LogP contribution is 2.40. The van der Waals surface area contributed by atoms with E-state index in [9.17, 15) is 5.11 Å². The van der Waals surface area contributed by atoms with Crippen LogP contribution >= 0.6 is 0 Å². The lowest BCUT2D eigenvalue weighted by atomic mass is 9.89. The maximum Gasteiger partial charge on any atom is 0.163 e. The normalized spacial score (nSPS) is 36.3. The lowest BCUT2D eigenvalue weighted by Gasteiger charge is -2.31. The standard InChI is InChI=1S/C23H34O7/c1-5-11-27-23-16(3)21-22(30-23)20(28-12-17-9-7-6-8-10-17)15(2)19(24)18(29-21)13-26-14-25-4/h5-10,15-16,18-24H,1,11-14H2,2-4H3/t15-,16-,18+,19-,20+,21-,22+,23?/m1/s1. The molecule has 7 heteroatoms. The third kappa shape index (κ3) is 5.48. The SMILES string of the molecule is C=CCOC1O[C@H]2[C@@H](OCc3ccccc3)[C@H](C)[C@@H](O)[C@H](COCOC)O[C@@H]2[C@H]1C. The summed E-state index contributed by atoms with van der Waals surface area (Å²) in [7, 11) is 1.56. The largest absolute Gasteiger partial charge is 0.390 e. The van der Waals surface area contributed by atoms with Crippen LogP contribution in [0.4, 0.5) is 0 Å². The molecule has 0 aromatic heterocycles. The van der Waals surface area contributed by atoms with E-state index >= 15 is 0 Å². The molecule has 2 saturated heterocycles. The molecular weight excluding hydrogens is 388 g/mol.